The Labute approximate surface area is 160 Å². The van der Waals surface area contributed by atoms with Crippen molar-refractivity contribution in [3.8, 4) is 22.9 Å². The summed E-state index contributed by atoms with van der Waals surface area (Å²) in [6.07, 6.45) is 0. The molecule has 0 radical (unpaired) electrons. The normalized spacial score (nSPS) is 10.9. The fraction of sp³-hybridized carbons (Fsp3) is 0.190. The Morgan fingerprint density at radius 1 is 1.07 bits per heavy atom. The molecule has 2 heterocycles. The molecule has 4 rings (SSSR count). The van der Waals surface area contributed by atoms with Crippen LogP contribution in [0.2, 0.25) is 0 Å². The zero-order valence-corrected chi connectivity index (χ0v) is 15.5. The van der Waals surface area contributed by atoms with Gasteiger partial charge in [-0.15, -0.1) is 0 Å². The third kappa shape index (κ3) is 3.59. The van der Waals surface area contributed by atoms with Crippen LogP contribution in [0.15, 0.2) is 62.3 Å². The fourth-order valence-corrected chi connectivity index (χ4v) is 2.90. The first kappa shape index (κ1) is 17.8. The Morgan fingerprint density at radius 2 is 1.93 bits per heavy atom. The van der Waals surface area contributed by atoms with Gasteiger partial charge in [0, 0.05) is 17.5 Å². The van der Waals surface area contributed by atoms with Crippen molar-refractivity contribution in [3.05, 3.63) is 70.4 Å². The quantitative estimate of drug-likeness (QED) is 0.466. The first-order chi connectivity index (χ1) is 13.6. The van der Waals surface area contributed by atoms with Crippen LogP contribution in [0.5, 0.6) is 11.5 Å². The van der Waals surface area contributed by atoms with Crippen LogP contribution in [-0.4, -0.2) is 16.7 Å². The molecule has 28 heavy (non-hydrogen) atoms. The number of aryl methyl sites for hydroxylation is 1. The van der Waals surface area contributed by atoms with E-state index < -0.39 is 5.63 Å². The van der Waals surface area contributed by atoms with Crippen molar-refractivity contribution in [2.24, 2.45) is 0 Å². The molecule has 0 aliphatic rings. The molecule has 0 bridgehead atoms. The summed E-state index contributed by atoms with van der Waals surface area (Å²) in [5.74, 6) is 1.99. The summed E-state index contributed by atoms with van der Waals surface area (Å²) >= 11 is 0. The summed E-state index contributed by atoms with van der Waals surface area (Å²) in [4.78, 5) is 15.9. The zero-order valence-electron chi connectivity index (χ0n) is 15.5. The van der Waals surface area contributed by atoms with Gasteiger partial charge in [-0.1, -0.05) is 17.3 Å². The lowest BCUT2D eigenvalue weighted by Gasteiger charge is -2.06. The summed E-state index contributed by atoms with van der Waals surface area (Å²) in [5.41, 5.74) is 1.69. The molecule has 0 aliphatic carbocycles. The number of rotatable bonds is 6. The highest BCUT2D eigenvalue weighted by Gasteiger charge is 2.14. The van der Waals surface area contributed by atoms with Crippen molar-refractivity contribution >= 4 is 11.0 Å². The van der Waals surface area contributed by atoms with Crippen molar-refractivity contribution < 1.29 is 18.4 Å². The van der Waals surface area contributed by atoms with Gasteiger partial charge in [0.15, 0.2) is 6.61 Å². The van der Waals surface area contributed by atoms with Crippen LogP contribution >= 0.6 is 0 Å². The third-order valence-electron chi connectivity index (χ3n) is 4.18. The van der Waals surface area contributed by atoms with Crippen LogP contribution in [0, 0.1) is 6.92 Å². The minimum Gasteiger partial charge on any atom is -0.493 e. The van der Waals surface area contributed by atoms with Gasteiger partial charge in [0.2, 0.25) is 5.82 Å². The second-order valence-corrected chi connectivity index (χ2v) is 6.14. The molecule has 2 aromatic carbocycles. The van der Waals surface area contributed by atoms with Gasteiger partial charge in [-0.05, 0) is 43.7 Å². The molecule has 7 heteroatoms. The SMILES string of the molecule is CCOc1ccccc1-c1noc(COc2ccc3c(C)cc(=O)oc3c2)n1. The smallest absolute Gasteiger partial charge is 0.336 e. The predicted octanol–water partition coefficient (Wildman–Crippen LogP) is 4.13. The summed E-state index contributed by atoms with van der Waals surface area (Å²) in [6, 6.07) is 14.3. The summed E-state index contributed by atoms with van der Waals surface area (Å²) in [5, 5.41) is 4.87. The summed E-state index contributed by atoms with van der Waals surface area (Å²) in [6.45, 7) is 4.41. The van der Waals surface area contributed by atoms with Crippen LogP contribution in [-0.2, 0) is 6.61 Å². The molecule has 2 aromatic heterocycles. The molecule has 0 saturated carbocycles. The van der Waals surface area contributed by atoms with Crippen molar-refractivity contribution in [1.29, 1.82) is 0 Å². The molecule has 142 valence electrons. The largest absolute Gasteiger partial charge is 0.493 e. The second kappa shape index (κ2) is 7.56. The molecule has 7 nitrogen and oxygen atoms in total. The highest BCUT2D eigenvalue weighted by atomic mass is 16.5. The minimum atomic E-state index is -0.392. The molecule has 0 N–H and O–H groups in total. The Balaban J connectivity index is 1.52. The van der Waals surface area contributed by atoms with E-state index in [-0.39, 0.29) is 6.61 Å². The van der Waals surface area contributed by atoms with Gasteiger partial charge in [0.1, 0.15) is 17.1 Å². The van der Waals surface area contributed by atoms with Crippen molar-refractivity contribution in [1.82, 2.24) is 10.1 Å². The fourth-order valence-electron chi connectivity index (χ4n) is 2.90. The average molecular weight is 378 g/mol. The van der Waals surface area contributed by atoms with E-state index in [4.69, 9.17) is 18.4 Å². The maximum Gasteiger partial charge on any atom is 0.336 e. The van der Waals surface area contributed by atoms with Crippen molar-refractivity contribution in [3.63, 3.8) is 0 Å². The summed E-state index contributed by atoms with van der Waals surface area (Å²) < 4.78 is 21.8. The second-order valence-electron chi connectivity index (χ2n) is 6.14. The molecular formula is C21H18N2O5. The van der Waals surface area contributed by atoms with E-state index in [2.05, 4.69) is 10.1 Å². The topological polar surface area (TPSA) is 87.6 Å². The number of para-hydroxylation sites is 1. The van der Waals surface area contributed by atoms with Gasteiger partial charge >= 0.3 is 5.63 Å². The number of benzene rings is 2. The maximum atomic E-state index is 11.6. The molecule has 0 amide bonds. The lowest BCUT2D eigenvalue weighted by Crippen LogP contribution is -1.99. The Kier molecular flexibility index (Phi) is 4.80. The monoisotopic (exact) mass is 378 g/mol. The number of aromatic nitrogens is 2. The Morgan fingerprint density at radius 3 is 2.79 bits per heavy atom. The van der Waals surface area contributed by atoms with Crippen LogP contribution in [0.3, 0.4) is 0 Å². The molecule has 0 fully saturated rings. The van der Waals surface area contributed by atoms with Gasteiger partial charge in [0.25, 0.3) is 5.89 Å². The number of nitrogens with zero attached hydrogens (tertiary/aromatic N) is 2. The van der Waals surface area contributed by atoms with E-state index >= 15 is 0 Å². The maximum absolute atomic E-state index is 11.6. The third-order valence-corrected chi connectivity index (χ3v) is 4.18. The van der Waals surface area contributed by atoms with E-state index in [1.165, 1.54) is 6.07 Å². The van der Waals surface area contributed by atoms with Gasteiger partial charge < -0.3 is 18.4 Å². The van der Waals surface area contributed by atoms with Gasteiger partial charge in [0.05, 0.1) is 12.2 Å². The van der Waals surface area contributed by atoms with E-state index in [0.717, 1.165) is 16.5 Å². The van der Waals surface area contributed by atoms with E-state index in [0.29, 0.717) is 35.4 Å². The first-order valence-corrected chi connectivity index (χ1v) is 8.86. The number of ether oxygens (including phenoxy) is 2. The highest BCUT2D eigenvalue weighted by Crippen LogP contribution is 2.28. The molecule has 0 atom stereocenters. The molecule has 4 aromatic rings. The number of hydrogen-bond donors (Lipinski definition) is 0. The highest BCUT2D eigenvalue weighted by molar-refractivity contribution is 5.81. The average Bonchev–Trinajstić information content (AvgIpc) is 3.15. The van der Waals surface area contributed by atoms with Crippen LogP contribution in [0.4, 0.5) is 0 Å². The van der Waals surface area contributed by atoms with E-state index in [1.807, 2.05) is 44.2 Å². The lowest BCUT2D eigenvalue weighted by atomic mass is 10.1. The van der Waals surface area contributed by atoms with Crippen molar-refractivity contribution in [2.45, 2.75) is 20.5 Å². The van der Waals surface area contributed by atoms with Gasteiger partial charge in [-0.25, -0.2) is 4.79 Å². The Hall–Kier alpha value is -3.61. The van der Waals surface area contributed by atoms with Crippen molar-refractivity contribution in [2.75, 3.05) is 6.61 Å². The predicted molar refractivity (Wildman–Crippen MR) is 102 cm³/mol. The number of fused-ring (bicyclic) bond motifs is 1. The standard InChI is InChI=1S/C21H18N2O5/c1-3-25-17-7-5-4-6-16(17)21-22-19(28-23-21)12-26-14-8-9-15-13(2)10-20(24)27-18(15)11-14/h4-11H,3,12H2,1-2H3. The van der Waals surface area contributed by atoms with Crippen LogP contribution in [0.1, 0.15) is 18.4 Å². The molecule has 0 aliphatic heterocycles. The molecule has 0 spiro atoms. The van der Waals surface area contributed by atoms with Gasteiger partial charge in [-0.2, -0.15) is 4.98 Å². The molecular weight excluding hydrogens is 360 g/mol. The minimum absolute atomic E-state index is 0.0886. The zero-order chi connectivity index (χ0) is 19.5. The van der Waals surface area contributed by atoms with Crippen LogP contribution in [0.25, 0.3) is 22.4 Å². The van der Waals surface area contributed by atoms with Gasteiger partial charge in [-0.3, -0.25) is 0 Å². The molecule has 0 saturated heterocycles. The molecule has 0 unspecified atom stereocenters. The summed E-state index contributed by atoms with van der Waals surface area (Å²) in [7, 11) is 0. The first-order valence-electron chi connectivity index (χ1n) is 8.86. The van der Waals surface area contributed by atoms with Crippen LogP contribution < -0.4 is 15.1 Å². The lowest BCUT2D eigenvalue weighted by molar-refractivity contribution is 0.243. The Bertz CT molecular complexity index is 1180. The number of hydrogen-bond acceptors (Lipinski definition) is 7. The van der Waals surface area contributed by atoms with E-state index in [9.17, 15) is 4.79 Å². The van der Waals surface area contributed by atoms with E-state index in [1.54, 1.807) is 12.1 Å².